The van der Waals surface area contributed by atoms with Crippen LogP contribution in [0.2, 0.25) is 0 Å². The van der Waals surface area contributed by atoms with Gasteiger partial charge in [-0.05, 0) is 6.42 Å². The van der Waals surface area contributed by atoms with Gasteiger partial charge in [0.1, 0.15) is 0 Å². The summed E-state index contributed by atoms with van der Waals surface area (Å²) >= 11 is 0. The lowest BCUT2D eigenvalue weighted by atomic mass is 10.4. The summed E-state index contributed by atoms with van der Waals surface area (Å²) in [5.74, 6) is -0.865. The van der Waals surface area contributed by atoms with Crippen LogP contribution in [0.4, 0.5) is 4.39 Å². The van der Waals surface area contributed by atoms with E-state index in [2.05, 4.69) is 4.98 Å². The summed E-state index contributed by atoms with van der Waals surface area (Å²) < 4.78 is 13.7. The van der Waals surface area contributed by atoms with Gasteiger partial charge in [0.25, 0.3) is 5.56 Å². The minimum Gasteiger partial charge on any atom is -0.396 e. The molecule has 0 fully saturated rings. The summed E-state index contributed by atoms with van der Waals surface area (Å²) in [6.45, 7) is 0.267. The molecule has 0 atom stereocenters. The highest BCUT2D eigenvalue weighted by atomic mass is 19.1. The molecule has 5 heteroatoms. The van der Waals surface area contributed by atoms with E-state index >= 15 is 0 Å². The van der Waals surface area contributed by atoms with Crippen molar-refractivity contribution in [1.29, 1.82) is 0 Å². The van der Waals surface area contributed by atoms with Gasteiger partial charge in [0.15, 0.2) is 0 Å². The van der Waals surface area contributed by atoms with Crippen LogP contribution in [-0.4, -0.2) is 21.3 Å². The first-order valence-electron chi connectivity index (χ1n) is 3.56. The first kappa shape index (κ1) is 8.86. The average molecular weight is 172 g/mol. The molecule has 0 radical (unpaired) electrons. The molecule has 0 bridgehead atoms. The molecule has 1 aromatic rings. The Balaban J connectivity index is 2.85. The van der Waals surface area contributed by atoms with Crippen LogP contribution in [-0.2, 0) is 6.54 Å². The second kappa shape index (κ2) is 3.96. The minimum atomic E-state index is -0.865. The molecule has 0 saturated heterocycles. The van der Waals surface area contributed by atoms with Crippen LogP contribution in [0.15, 0.2) is 17.3 Å². The highest BCUT2D eigenvalue weighted by Gasteiger charge is 2.00. The summed E-state index contributed by atoms with van der Waals surface area (Å²) in [4.78, 5) is 14.4. The Kier molecular flexibility index (Phi) is 2.93. The number of aliphatic hydroxyl groups is 1. The van der Waals surface area contributed by atoms with Crippen molar-refractivity contribution >= 4 is 0 Å². The number of aromatic nitrogens is 2. The largest absolute Gasteiger partial charge is 0.396 e. The second-order valence-electron chi connectivity index (χ2n) is 2.32. The molecule has 0 amide bonds. The van der Waals surface area contributed by atoms with E-state index in [4.69, 9.17) is 5.11 Å². The lowest BCUT2D eigenvalue weighted by Gasteiger charge is -2.01. The fourth-order valence-corrected chi connectivity index (χ4v) is 0.824. The molecule has 0 aliphatic heterocycles. The van der Waals surface area contributed by atoms with Crippen LogP contribution in [0.25, 0.3) is 0 Å². The first-order valence-corrected chi connectivity index (χ1v) is 3.56. The smallest absolute Gasteiger partial charge is 0.289 e. The van der Waals surface area contributed by atoms with Crippen molar-refractivity contribution < 1.29 is 9.50 Å². The van der Waals surface area contributed by atoms with Crippen molar-refractivity contribution in [3.63, 3.8) is 0 Å². The van der Waals surface area contributed by atoms with Crippen LogP contribution in [0.3, 0.4) is 0 Å². The van der Waals surface area contributed by atoms with Crippen molar-refractivity contribution in [2.75, 3.05) is 6.61 Å². The van der Waals surface area contributed by atoms with Gasteiger partial charge in [-0.3, -0.25) is 9.36 Å². The maximum absolute atomic E-state index is 12.5. The predicted octanol–water partition coefficient (Wildman–Crippen LogP) is -0.235. The minimum absolute atomic E-state index is 0.0248. The quantitative estimate of drug-likeness (QED) is 0.684. The van der Waals surface area contributed by atoms with E-state index in [-0.39, 0.29) is 6.61 Å². The number of aliphatic hydroxyl groups excluding tert-OH is 1. The topological polar surface area (TPSA) is 55.1 Å². The molecule has 0 aliphatic carbocycles. The number of nitrogens with zero attached hydrogens (tertiary/aromatic N) is 2. The third kappa shape index (κ3) is 1.88. The van der Waals surface area contributed by atoms with Gasteiger partial charge in [-0.2, -0.15) is 4.39 Å². The Morgan fingerprint density at radius 3 is 3.08 bits per heavy atom. The molecule has 4 nitrogen and oxygen atoms in total. The van der Waals surface area contributed by atoms with Crippen molar-refractivity contribution in [2.24, 2.45) is 0 Å². The van der Waals surface area contributed by atoms with Crippen molar-refractivity contribution in [2.45, 2.75) is 13.0 Å². The van der Waals surface area contributed by atoms with Crippen LogP contribution >= 0.6 is 0 Å². The van der Waals surface area contributed by atoms with Gasteiger partial charge in [0, 0.05) is 13.2 Å². The maximum Gasteiger partial charge on any atom is 0.289 e. The fraction of sp³-hybridized carbons (Fsp3) is 0.429. The Hall–Kier alpha value is -1.23. The number of hydrogen-bond acceptors (Lipinski definition) is 3. The van der Waals surface area contributed by atoms with Crippen LogP contribution in [0, 0.1) is 5.82 Å². The molecule has 1 aromatic heterocycles. The summed E-state index contributed by atoms with van der Waals surface area (Å²) in [6.07, 6.45) is 2.55. The maximum atomic E-state index is 12.5. The zero-order valence-corrected chi connectivity index (χ0v) is 6.40. The Morgan fingerprint density at radius 1 is 1.67 bits per heavy atom. The molecule has 0 aliphatic rings. The third-order valence-corrected chi connectivity index (χ3v) is 1.42. The highest BCUT2D eigenvalue weighted by Crippen LogP contribution is 1.87. The lowest BCUT2D eigenvalue weighted by molar-refractivity contribution is 0.278. The van der Waals surface area contributed by atoms with Crippen molar-refractivity contribution in [3.05, 3.63) is 28.7 Å². The lowest BCUT2D eigenvalue weighted by Crippen LogP contribution is -2.23. The Labute approximate surface area is 68.3 Å². The van der Waals surface area contributed by atoms with Gasteiger partial charge >= 0.3 is 0 Å². The summed E-state index contributed by atoms with van der Waals surface area (Å²) in [6, 6.07) is 0. The summed E-state index contributed by atoms with van der Waals surface area (Å²) in [5, 5.41) is 8.46. The van der Waals surface area contributed by atoms with Gasteiger partial charge < -0.3 is 5.11 Å². The van der Waals surface area contributed by atoms with Gasteiger partial charge in [-0.25, -0.2) is 4.98 Å². The van der Waals surface area contributed by atoms with Crippen LogP contribution < -0.4 is 5.56 Å². The molecular weight excluding hydrogens is 163 g/mol. The van der Waals surface area contributed by atoms with E-state index < -0.39 is 11.4 Å². The number of hydrogen-bond donors (Lipinski definition) is 1. The average Bonchev–Trinajstić information content (AvgIpc) is 2.08. The molecular formula is C7H9FN2O2. The molecule has 0 aromatic carbocycles. The number of halogens is 1. The molecule has 12 heavy (non-hydrogen) atoms. The van der Waals surface area contributed by atoms with Crippen LogP contribution in [0.1, 0.15) is 6.42 Å². The Bertz CT molecular complexity index is 311. The Morgan fingerprint density at radius 2 is 2.42 bits per heavy atom. The highest BCUT2D eigenvalue weighted by molar-refractivity contribution is 4.86. The molecule has 1 heterocycles. The standard InChI is InChI=1S/C7H9FN2O2/c8-6-4-9-5-10(7(6)12)2-1-3-11/h4-5,11H,1-3H2. The molecule has 1 rings (SSSR count). The normalized spacial score (nSPS) is 10.2. The van der Waals surface area contributed by atoms with Gasteiger partial charge in [-0.15, -0.1) is 0 Å². The van der Waals surface area contributed by atoms with E-state index in [0.29, 0.717) is 13.0 Å². The summed E-state index contributed by atoms with van der Waals surface area (Å²) in [7, 11) is 0. The predicted molar refractivity (Wildman–Crippen MR) is 40.2 cm³/mol. The van der Waals surface area contributed by atoms with Crippen molar-refractivity contribution in [1.82, 2.24) is 9.55 Å². The zero-order chi connectivity index (χ0) is 8.97. The zero-order valence-electron chi connectivity index (χ0n) is 6.40. The third-order valence-electron chi connectivity index (χ3n) is 1.42. The van der Waals surface area contributed by atoms with Crippen LogP contribution in [0.5, 0.6) is 0 Å². The van der Waals surface area contributed by atoms with E-state index in [1.54, 1.807) is 0 Å². The first-order chi connectivity index (χ1) is 5.75. The van der Waals surface area contributed by atoms with E-state index in [0.717, 1.165) is 10.8 Å². The van der Waals surface area contributed by atoms with E-state index in [9.17, 15) is 9.18 Å². The van der Waals surface area contributed by atoms with E-state index in [1.165, 1.54) is 6.33 Å². The number of aryl methyl sites for hydroxylation is 1. The SMILES string of the molecule is O=c1c(F)cncn1CCCO. The monoisotopic (exact) mass is 172 g/mol. The summed E-state index contributed by atoms with van der Waals surface area (Å²) in [5.41, 5.74) is -0.696. The van der Waals surface area contributed by atoms with Gasteiger partial charge in [0.05, 0.1) is 12.5 Å². The molecule has 0 spiro atoms. The van der Waals surface area contributed by atoms with Gasteiger partial charge in [0.2, 0.25) is 5.82 Å². The second-order valence-corrected chi connectivity index (χ2v) is 2.32. The molecule has 0 saturated carbocycles. The molecule has 66 valence electrons. The van der Waals surface area contributed by atoms with E-state index in [1.807, 2.05) is 0 Å². The fourth-order valence-electron chi connectivity index (χ4n) is 0.824. The van der Waals surface area contributed by atoms with Crippen molar-refractivity contribution in [3.8, 4) is 0 Å². The van der Waals surface area contributed by atoms with Gasteiger partial charge in [-0.1, -0.05) is 0 Å². The number of rotatable bonds is 3. The molecule has 0 unspecified atom stereocenters. The molecule has 1 N–H and O–H groups in total.